The third-order valence-electron chi connectivity index (χ3n) is 10.5. The van der Waals surface area contributed by atoms with E-state index in [2.05, 4.69) is 62.5 Å². The van der Waals surface area contributed by atoms with Crippen LogP contribution in [0.25, 0.3) is 22.5 Å². The molecule has 7 rings (SSSR count). The Balaban J connectivity index is 1.35. The highest BCUT2D eigenvalue weighted by Crippen LogP contribution is 2.42. The molecule has 0 unspecified atom stereocenters. The number of nitrogens with zero attached hydrogens (tertiary/aromatic N) is 5. The summed E-state index contributed by atoms with van der Waals surface area (Å²) in [6.07, 6.45) is 1.97. The maximum absolute atomic E-state index is 13.6. The fourth-order valence-electron chi connectivity index (χ4n) is 7.56. The summed E-state index contributed by atoms with van der Waals surface area (Å²) in [7, 11) is 3.24. The Morgan fingerprint density at radius 3 is 1.79 bits per heavy atom. The summed E-state index contributed by atoms with van der Waals surface area (Å²) >= 11 is 0. The Hall–Kier alpha value is -5.96. The van der Waals surface area contributed by atoms with Crippen LogP contribution < -0.4 is 14.8 Å². The molecule has 1 aliphatic rings. The minimum absolute atomic E-state index is 0.116. The highest BCUT2D eigenvalue weighted by Gasteiger charge is 2.41. The smallest absolute Gasteiger partial charge is 0.321 e. The van der Waals surface area contributed by atoms with Crippen molar-refractivity contribution in [2.24, 2.45) is 11.3 Å². The van der Waals surface area contributed by atoms with Crippen LogP contribution in [0.5, 0.6) is 11.5 Å². The number of aromatic nitrogens is 4. The molecule has 2 amide bonds. The lowest BCUT2D eigenvalue weighted by molar-refractivity contribution is 0.128. The summed E-state index contributed by atoms with van der Waals surface area (Å²) in [6, 6.07) is 42.3. The molecule has 9 heteroatoms. The van der Waals surface area contributed by atoms with E-state index < -0.39 is 5.54 Å². The average molecular weight is 707 g/mol. The summed E-state index contributed by atoms with van der Waals surface area (Å²) < 4.78 is 11.2. The molecule has 0 saturated carbocycles. The van der Waals surface area contributed by atoms with Crippen LogP contribution in [0.3, 0.4) is 0 Å². The van der Waals surface area contributed by atoms with Gasteiger partial charge in [0.25, 0.3) is 0 Å². The van der Waals surface area contributed by atoms with Crippen molar-refractivity contribution in [3.63, 3.8) is 0 Å². The van der Waals surface area contributed by atoms with E-state index in [0.717, 1.165) is 53.7 Å². The predicted molar refractivity (Wildman–Crippen MR) is 209 cm³/mol. The highest BCUT2D eigenvalue weighted by molar-refractivity contribution is 5.92. The summed E-state index contributed by atoms with van der Waals surface area (Å²) in [5.41, 5.74) is 5.30. The molecule has 6 aromatic rings. The number of urea groups is 1. The first-order valence-electron chi connectivity index (χ1n) is 18.1. The van der Waals surface area contributed by atoms with Gasteiger partial charge in [-0.15, -0.1) is 15.0 Å². The van der Waals surface area contributed by atoms with Crippen LogP contribution in [-0.2, 0) is 5.54 Å². The number of tetrazole rings is 1. The molecule has 270 valence electrons. The summed E-state index contributed by atoms with van der Waals surface area (Å²) in [5.74, 6) is 2.21. The van der Waals surface area contributed by atoms with Gasteiger partial charge >= 0.3 is 6.03 Å². The van der Waals surface area contributed by atoms with Gasteiger partial charge in [-0.2, -0.15) is 0 Å². The minimum atomic E-state index is -0.941. The van der Waals surface area contributed by atoms with Crippen molar-refractivity contribution in [2.45, 2.75) is 39.2 Å². The minimum Gasteiger partial charge on any atom is -0.493 e. The number of methoxy groups -OCH3 is 2. The predicted octanol–water partition coefficient (Wildman–Crippen LogP) is 9.15. The molecule has 1 aliphatic heterocycles. The van der Waals surface area contributed by atoms with Gasteiger partial charge in [0.05, 0.1) is 14.2 Å². The van der Waals surface area contributed by atoms with Gasteiger partial charge in [0.15, 0.2) is 17.0 Å². The molecule has 1 saturated heterocycles. The van der Waals surface area contributed by atoms with Crippen LogP contribution in [0.15, 0.2) is 127 Å². The van der Waals surface area contributed by atoms with E-state index in [0.29, 0.717) is 34.5 Å². The zero-order valence-electron chi connectivity index (χ0n) is 31.0. The lowest BCUT2D eigenvalue weighted by atomic mass is 9.75. The summed E-state index contributed by atoms with van der Waals surface area (Å²) in [4.78, 5) is 17.2. The number of ether oxygens (including phenoxy) is 2. The molecule has 0 aliphatic carbocycles. The van der Waals surface area contributed by atoms with E-state index in [9.17, 15) is 4.79 Å². The molecule has 0 bridgehead atoms. The third kappa shape index (κ3) is 6.99. The van der Waals surface area contributed by atoms with E-state index in [-0.39, 0.29) is 11.4 Å². The molecule has 53 heavy (non-hydrogen) atoms. The average Bonchev–Trinajstić information content (AvgIpc) is 3.69. The van der Waals surface area contributed by atoms with E-state index in [1.165, 1.54) is 0 Å². The largest absolute Gasteiger partial charge is 0.493 e. The second-order valence-electron chi connectivity index (χ2n) is 14.6. The van der Waals surface area contributed by atoms with Crippen molar-refractivity contribution < 1.29 is 14.3 Å². The van der Waals surface area contributed by atoms with Crippen molar-refractivity contribution in [1.29, 1.82) is 0 Å². The van der Waals surface area contributed by atoms with E-state index in [1.54, 1.807) is 19.0 Å². The molecule has 5 aromatic carbocycles. The number of likely N-dealkylation sites (tertiary alicyclic amines) is 1. The molecular weight excluding hydrogens is 661 g/mol. The van der Waals surface area contributed by atoms with Gasteiger partial charge in [-0.05, 0) is 81.5 Å². The lowest BCUT2D eigenvalue weighted by Crippen LogP contribution is -2.43. The standard InChI is InChI=1S/C44H46N6O3/c1-43(2,3)32-25-27-49(28-26-32)42(51)45-36-22-23-37(31-21-24-39(52-4)40(29-31)53-5)38(30-36)41-46-48-50(47-41)44(33-15-9-6-10-16-33,34-17-11-7-12-18-34)35-19-13-8-14-20-35/h6-24,29-30,32H,25-28H2,1-5H3,(H,45,51). The monoisotopic (exact) mass is 706 g/mol. The highest BCUT2D eigenvalue weighted by atomic mass is 16.5. The van der Waals surface area contributed by atoms with Gasteiger partial charge in [-0.3, -0.25) is 0 Å². The van der Waals surface area contributed by atoms with Crippen LogP contribution in [-0.4, -0.2) is 58.4 Å². The Morgan fingerprint density at radius 2 is 1.26 bits per heavy atom. The number of anilines is 1. The molecule has 1 aromatic heterocycles. The van der Waals surface area contributed by atoms with E-state index >= 15 is 0 Å². The second-order valence-corrected chi connectivity index (χ2v) is 14.6. The topological polar surface area (TPSA) is 94.4 Å². The number of nitrogens with one attached hydrogen (secondary N) is 1. The number of hydrogen-bond acceptors (Lipinski definition) is 6. The van der Waals surface area contributed by atoms with Crippen molar-refractivity contribution >= 4 is 11.7 Å². The zero-order chi connectivity index (χ0) is 37.0. The van der Waals surface area contributed by atoms with Crippen LogP contribution in [0.4, 0.5) is 10.5 Å². The fourth-order valence-corrected chi connectivity index (χ4v) is 7.56. The maximum atomic E-state index is 13.6. The Labute approximate surface area is 311 Å². The number of carbonyl (C=O) groups is 1. The van der Waals surface area contributed by atoms with Gasteiger partial charge in [0, 0.05) is 24.3 Å². The van der Waals surface area contributed by atoms with Crippen molar-refractivity contribution in [3.8, 4) is 34.0 Å². The molecule has 0 radical (unpaired) electrons. The van der Waals surface area contributed by atoms with Crippen LogP contribution in [0.1, 0.15) is 50.3 Å². The second kappa shape index (κ2) is 14.9. The molecular formula is C44H46N6O3. The van der Waals surface area contributed by atoms with Crippen LogP contribution >= 0.6 is 0 Å². The van der Waals surface area contributed by atoms with Crippen LogP contribution in [0, 0.1) is 11.3 Å². The fraction of sp³-hybridized carbons (Fsp3) is 0.273. The summed E-state index contributed by atoms with van der Waals surface area (Å²) in [6.45, 7) is 8.29. The molecule has 0 atom stereocenters. The molecule has 1 fully saturated rings. The molecule has 9 nitrogen and oxygen atoms in total. The lowest BCUT2D eigenvalue weighted by Gasteiger charge is -2.38. The molecule has 1 N–H and O–H groups in total. The Kier molecular flexibility index (Phi) is 10.00. The number of benzene rings is 5. The number of piperidine rings is 1. The van der Waals surface area contributed by atoms with Gasteiger partial charge in [0.2, 0.25) is 5.82 Å². The van der Waals surface area contributed by atoms with E-state index in [4.69, 9.17) is 24.9 Å². The zero-order valence-corrected chi connectivity index (χ0v) is 31.0. The number of amides is 2. The van der Waals surface area contributed by atoms with Crippen LogP contribution in [0.2, 0.25) is 0 Å². The first-order valence-corrected chi connectivity index (χ1v) is 18.1. The van der Waals surface area contributed by atoms with Gasteiger partial charge < -0.3 is 19.7 Å². The van der Waals surface area contributed by atoms with E-state index in [1.807, 2.05) is 95.9 Å². The normalized spacial score (nSPS) is 13.8. The summed E-state index contributed by atoms with van der Waals surface area (Å²) in [5, 5.41) is 17.9. The number of rotatable bonds is 9. The van der Waals surface area contributed by atoms with Gasteiger partial charge in [-0.1, -0.05) is 124 Å². The quantitative estimate of drug-likeness (QED) is 0.151. The Morgan fingerprint density at radius 1 is 0.698 bits per heavy atom. The number of carbonyl (C=O) groups excluding carboxylic acids is 1. The Bertz CT molecular complexity index is 2060. The first-order chi connectivity index (χ1) is 25.7. The van der Waals surface area contributed by atoms with Gasteiger partial charge in [-0.25, -0.2) is 4.79 Å². The van der Waals surface area contributed by atoms with Crippen molar-refractivity contribution in [2.75, 3.05) is 32.6 Å². The first kappa shape index (κ1) is 35.4. The maximum Gasteiger partial charge on any atom is 0.321 e. The third-order valence-corrected chi connectivity index (χ3v) is 10.5. The SMILES string of the molecule is COc1ccc(-c2ccc(NC(=O)N3CCC(C(C)(C)C)CC3)cc2-c2nnn(C(c3ccccc3)(c3ccccc3)c3ccccc3)n2)cc1OC. The molecule has 2 heterocycles. The molecule has 0 spiro atoms. The van der Waals surface area contributed by atoms with Crippen molar-refractivity contribution in [1.82, 2.24) is 25.1 Å². The van der Waals surface area contributed by atoms with Crippen molar-refractivity contribution in [3.05, 3.63) is 144 Å². The number of hydrogen-bond donors (Lipinski definition) is 1. The van der Waals surface area contributed by atoms with Gasteiger partial charge in [0.1, 0.15) is 0 Å².